The third kappa shape index (κ3) is 1.82. The van der Waals surface area contributed by atoms with Crippen LogP contribution in [0.15, 0.2) is 48.5 Å². The average Bonchev–Trinajstić information content (AvgIpc) is 3.17. The zero-order valence-corrected chi connectivity index (χ0v) is 13.9. The Bertz CT molecular complexity index is 711. The van der Waals surface area contributed by atoms with Crippen molar-refractivity contribution in [2.45, 2.75) is 31.2 Å². The maximum atomic E-state index is 3.89. The molecule has 6 unspecified atom stereocenters. The lowest BCUT2D eigenvalue weighted by atomic mass is 9.68. The molecule has 1 aliphatic heterocycles. The molecule has 1 nitrogen and oxygen atoms in total. The second-order valence-electron chi connectivity index (χ2n) is 7.32. The van der Waals surface area contributed by atoms with E-state index in [1.165, 1.54) is 35.8 Å². The Hall–Kier alpha value is -1.33. The molecule has 2 aromatic rings. The summed E-state index contributed by atoms with van der Waals surface area (Å²) in [6, 6.07) is 18.5. The Morgan fingerprint density at radius 1 is 0.955 bits per heavy atom. The fourth-order valence-corrected chi connectivity index (χ4v) is 5.77. The average molecular weight is 307 g/mol. The van der Waals surface area contributed by atoms with Crippen LogP contribution in [0.2, 0.25) is 0 Å². The van der Waals surface area contributed by atoms with Crippen LogP contribution in [0.4, 0.5) is 5.69 Å². The highest BCUT2D eigenvalue weighted by Gasteiger charge is 2.53. The Balaban J connectivity index is 1.65. The number of anilines is 1. The largest absolute Gasteiger partial charge is 0.378 e. The Labute approximate surface area is 134 Å². The molecule has 0 spiro atoms. The van der Waals surface area contributed by atoms with Gasteiger partial charge in [-0.2, -0.15) is 0 Å². The van der Waals surface area contributed by atoms with E-state index in [-0.39, 0.29) is 0 Å². The van der Waals surface area contributed by atoms with Gasteiger partial charge in [-0.3, -0.25) is 0 Å². The SMILES string of the molecule is Pc1ccc2c(c1)C1C3CCC(C3)C1C(c1ccccc1)N2. The van der Waals surface area contributed by atoms with Crippen molar-refractivity contribution in [1.29, 1.82) is 0 Å². The second-order valence-corrected chi connectivity index (χ2v) is 7.98. The number of benzene rings is 2. The van der Waals surface area contributed by atoms with E-state index in [1.54, 1.807) is 5.56 Å². The molecule has 6 atom stereocenters. The van der Waals surface area contributed by atoms with Crippen molar-refractivity contribution >= 4 is 20.2 Å². The Kier molecular flexibility index (Phi) is 2.89. The molecule has 22 heavy (non-hydrogen) atoms. The highest BCUT2D eigenvalue weighted by Crippen LogP contribution is 2.63. The van der Waals surface area contributed by atoms with E-state index in [1.807, 2.05) is 0 Å². The fraction of sp³-hybridized carbons (Fsp3) is 0.400. The smallest absolute Gasteiger partial charge is 0.0550 e. The molecule has 3 aliphatic rings. The molecular weight excluding hydrogens is 285 g/mol. The van der Waals surface area contributed by atoms with Gasteiger partial charge in [-0.25, -0.2) is 0 Å². The third-order valence-corrected chi connectivity index (χ3v) is 6.63. The second kappa shape index (κ2) is 4.83. The number of nitrogens with one attached hydrogen (secondary N) is 1. The first-order valence-corrected chi connectivity index (χ1v) is 9.10. The molecule has 2 aromatic carbocycles. The van der Waals surface area contributed by atoms with Crippen molar-refractivity contribution in [3.8, 4) is 0 Å². The third-order valence-electron chi connectivity index (χ3n) is 6.27. The van der Waals surface area contributed by atoms with Crippen LogP contribution in [-0.2, 0) is 0 Å². The Morgan fingerprint density at radius 3 is 2.64 bits per heavy atom. The molecule has 2 fully saturated rings. The van der Waals surface area contributed by atoms with E-state index in [0.29, 0.717) is 6.04 Å². The highest BCUT2D eigenvalue weighted by molar-refractivity contribution is 7.27. The topological polar surface area (TPSA) is 12.0 Å². The summed E-state index contributed by atoms with van der Waals surface area (Å²) in [7, 11) is 2.87. The van der Waals surface area contributed by atoms with Crippen LogP contribution in [0.25, 0.3) is 0 Å². The van der Waals surface area contributed by atoms with Crippen LogP contribution >= 0.6 is 9.24 Å². The van der Waals surface area contributed by atoms with Crippen molar-refractivity contribution in [1.82, 2.24) is 0 Å². The summed E-state index contributed by atoms with van der Waals surface area (Å²) in [5, 5.41) is 5.21. The lowest BCUT2D eigenvalue weighted by Gasteiger charge is -2.43. The molecule has 2 aliphatic carbocycles. The van der Waals surface area contributed by atoms with Crippen LogP contribution in [0.3, 0.4) is 0 Å². The van der Waals surface area contributed by atoms with Crippen molar-refractivity contribution in [3.63, 3.8) is 0 Å². The molecule has 112 valence electrons. The van der Waals surface area contributed by atoms with Gasteiger partial charge >= 0.3 is 0 Å². The van der Waals surface area contributed by atoms with Crippen LogP contribution in [0.1, 0.15) is 42.3 Å². The predicted octanol–water partition coefficient (Wildman–Crippen LogP) is 4.48. The zero-order valence-electron chi connectivity index (χ0n) is 12.7. The summed E-state index contributed by atoms with van der Waals surface area (Å²) in [5.74, 6) is 3.36. The summed E-state index contributed by atoms with van der Waals surface area (Å²) in [4.78, 5) is 0. The van der Waals surface area contributed by atoms with Gasteiger partial charge in [-0.15, -0.1) is 9.24 Å². The van der Waals surface area contributed by atoms with Gasteiger partial charge < -0.3 is 5.32 Å². The molecule has 0 radical (unpaired) electrons. The number of fused-ring (bicyclic) bond motifs is 7. The highest BCUT2D eigenvalue weighted by atomic mass is 31.0. The summed E-state index contributed by atoms with van der Waals surface area (Å²) in [6.07, 6.45) is 4.32. The Morgan fingerprint density at radius 2 is 1.77 bits per heavy atom. The fourth-order valence-electron chi connectivity index (χ4n) is 5.49. The van der Waals surface area contributed by atoms with Crippen LogP contribution in [0, 0.1) is 17.8 Å². The van der Waals surface area contributed by atoms with E-state index in [0.717, 1.165) is 23.7 Å². The minimum Gasteiger partial charge on any atom is -0.378 e. The van der Waals surface area contributed by atoms with Gasteiger partial charge in [0.15, 0.2) is 0 Å². The van der Waals surface area contributed by atoms with Crippen molar-refractivity contribution in [2.24, 2.45) is 17.8 Å². The molecule has 2 heteroatoms. The number of hydrogen-bond acceptors (Lipinski definition) is 1. The molecule has 0 aromatic heterocycles. The van der Waals surface area contributed by atoms with E-state index >= 15 is 0 Å². The van der Waals surface area contributed by atoms with Crippen molar-refractivity contribution in [3.05, 3.63) is 59.7 Å². The molecule has 2 saturated carbocycles. The van der Waals surface area contributed by atoms with Gasteiger partial charge in [-0.05, 0) is 71.5 Å². The summed E-state index contributed by atoms with van der Waals surface area (Å²) >= 11 is 0. The molecule has 0 amide bonds. The molecule has 1 heterocycles. The maximum Gasteiger partial charge on any atom is 0.0550 e. The molecule has 2 bridgehead atoms. The summed E-state index contributed by atoms with van der Waals surface area (Å²) in [5.41, 5.74) is 4.41. The van der Waals surface area contributed by atoms with Crippen LogP contribution in [0.5, 0.6) is 0 Å². The first-order chi connectivity index (χ1) is 10.8. The zero-order chi connectivity index (χ0) is 14.7. The first kappa shape index (κ1) is 13.1. The minimum absolute atomic E-state index is 0.490. The lowest BCUT2D eigenvalue weighted by Crippen LogP contribution is -2.35. The van der Waals surface area contributed by atoms with E-state index in [2.05, 4.69) is 63.1 Å². The molecular formula is C20H22NP. The minimum atomic E-state index is 0.490. The van der Waals surface area contributed by atoms with Crippen LogP contribution in [-0.4, -0.2) is 0 Å². The summed E-state index contributed by atoms with van der Waals surface area (Å²) in [6.45, 7) is 0. The lowest BCUT2D eigenvalue weighted by molar-refractivity contribution is 0.248. The van der Waals surface area contributed by atoms with E-state index < -0.39 is 0 Å². The van der Waals surface area contributed by atoms with Crippen molar-refractivity contribution in [2.75, 3.05) is 5.32 Å². The van der Waals surface area contributed by atoms with Crippen LogP contribution < -0.4 is 10.6 Å². The van der Waals surface area contributed by atoms with E-state index in [9.17, 15) is 0 Å². The predicted molar refractivity (Wildman–Crippen MR) is 95.7 cm³/mol. The monoisotopic (exact) mass is 307 g/mol. The van der Waals surface area contributed by atoms with E-state index in [4.69, 9.17) is 0 Å². The van der Waals surface area contributed by atoms with Gasteiger partial charge in [-0.1, -0.05) is 36.4 Å². The standard InChI is InChI=1S/C20H22NP/c22-15-8-9-17-16(11-15)18-13-6-7-14(10-13)19(18)20(21-17)12-4-2-1-3-5-12/h1-5,8-9,11,13-14,18-21H,6-7,10,22H2. The molecule has 5 rings (SSSR count). The van der Waals surface area contributed by atoms with Gasteiger partial charge in [0.1, 0.15) is 0 Å². The quantitative estimate of drug-likeness (QED) is 0.766. The van der Waals surface area contributed by atoms with Gasteiger partial charge in [0.25, 0.3) is 0 Å². The van der Waals surface area contributed by atoms with Gasteiger partial charge in [0.05, 0.1) is 6.04 Å². The van der Waals surface area contributed by atoms with Crippen molar-refractivity contribution < 1.29 is 0 Å². The maximum absolute atomic E-state index is 3.89. The van der Waals surface area contributed by atoms with Gasteiger partial charge in [0, 0.05) is 5.69 Å². The number of hydrogen-bond donors (Lipinski definition) is 1. The number of rotatable bonds is 1. The molecule has 1 N–H and O–H groups in total. The van der Waals surface area contributed by atoms with Gasteiger partial charge in [0.2, 0.25) is 0 Å². The summed E-state index contributed by atoms with van der Waals surface area (Å²) < 4.78 is 0. The first-order valence-electron chi connectivity index (χ1n) is 8.52. The molecule has 0 saturated heterocycles. The normalized spacial score (nSPS) is 34.9.